The SMILES string of the molecule is CC(=O)Oc1ccc(/C=C2\SC(=S)N(c3cccc4ccccc34)C2=O)cc1. The maximum Gasteiger partial charge on any atom is 0.308 e. The predicted octanol–water partition coefficient (Wildman–Crippen LogP) is 5.17. The molecule has 1 heterocycles. The summed E-state index contributed by atoms with van der Waals surface area (Å²) in [6.07, 6.45) is 1.79. The van der Waals surface area contributed by atoms with E-state index in [4.69, 9.17) is 17.0 Å². The van der Waals surface area contributed by atoms with E-state index in [9.17, 15) is 9.59 Å². The first kappa shape index (κ1) is 18.4. The zero-order chi connectivity index (χ0) is 19.7. The molecule has 0 radical (unpaired) electrons. The number of hydrogen-bond donors (Lipinski definition) is 0. The Morgan fingerprint density at radius 2 is 1.75 bits per heavy atom. The van der Waals surface area contributed by atoms with Gasteiger partial charge in [-0.15, -0.1) is 0 Å². The minimum Gasteiger partial charge on any atom is -0.427 e. The maximum absolute atomic E-state index is 13.1. The molecule has 1 amide bonds. The second kappa shape index (κ2) is 7.58. The number of anilines is 1. The summed E-state index contributed by atoms with van der Waals surface area (Å²) in [6.45, 7) is 1.35. The van der Waals surface area contributed by atoms with Crippen molar-refractivity contribution in [1.29, 1.82) is 0 Å². The van der Waals surface area contributed by atoms with Crippen molar-refractivity contribution in [2.75, 3.05) is 4.90 Å². The molecular weight excluding hydrogens is 390 g/mol. The number of benzene rings is 3. The zero-order valence-corrected chi connectivity index (χ0v) is 16.5. The average molecular weight is 406 g/mol. The van der Waals surface area contributed by atoms with Gasteiger partial charge in [-0.25, -0.2) is 0 Å². The number of rotatable bonds is 3. The van der Waals surface area contributed by atoms with Crippen LogP contribution in [0.1, 0.15) is 12.5 Å². The highest BCUT2D eigenvalue weighted by molar-refractivity contribution is 8.27. The molecule has 0 aromatic heterocycles. The van der Waals surface area contributed by atoms with E-state index in [0.29, 0.717) is 15.0 Å². The summed E-state index contributed by atoms with van der Waals surface area (Å²) in [7, 11) is 0. The van der Waals surface area contributed by atoms with Crippen molar-refractivity contribution in [1.82, 2.24) is 0 Å². The molecule has 0 saturated carbocycles. The van der Waals surface area contributed by atoms with Crippen LogP contribution in [0.2, 0.25) is 0 Å². The van der Waals surface area contributed by atoms with Crippen LogP contribution in [0.3, 0.4) is 0 Å². The van der Waals surface area contributed by atoms with Gasteiger partial charge in [0.05, 0.1) is 10.6 Å². The third kappa shape index (κ3) is 3.56. The molecule has 28 heavy (non-hydrogen) atoms. The van der Waals surface area contributed by atoms with E-state index in [1.54, 1.807) is 35.2 Å². The Labute approximate surface area is 171 Å². The molecule has 0 spiro atoms. The average Bonchev–Trinajstić information content (AvgIpc) is 2.96. The van der Waals surface area contributed by atoms with E-state index in [1.807, 2.05) is 42.5 Å². The Morgan fingerprint density at radius 1 is 1.04 bits per heavy atom. The molecular formula is C22H15NO3S2. The van der Waals surface area contributed by atoms with Gasteiger partial charge in [-0.2, -0.15) is 0 Å². The lowest BCUT2D eigenvalue weighted by Crippen LogP contribution is -2.27. The number of fused-ring (bicyclic) bond motifs is 1. The fourth-order valence-corrected chi connectivity index (χ4v) is 4.31. The van der Waals surface area contributed by atoms with E-state index in [2.05, 4.69) is 0 Å². The van der Waals surface area contributed by atoms with E-state index in [0.717, 1.165) is 22.0 Å². The molecule has 3 aromatic carbocycles. The zero-order valence-electron chi connectivity index (χ0n) is 14.9. The molecule has 4 rings (SSSR count). The van der Waals surface area contributed by atoms with Crippen LogP contribution in [-0.2, 0) is 9.59 Å². The van der Waals surface area contributed by atoms with Gasteiger partial charge in [0.25, 0.3) is 5.91 Å². The van der Waals surface area contributed by atoms with Gasteiger partial charge in [0, 0.05) is 12.3 Å². The van der Waals surface area contributed by atoms with Crippen molar-refractivity contribution in [3.8, 4) is 5.75 Å². The summed E-state index contributed by atoms with van der Waals surface area (Å²) in [5.41, 5.74) is 1.61. The third-order valence-corrected chi connectivity index (χ3v) is 5.54. The first-order chi connectivity index (χ1) is 13.5. The summed E-state index contributed by atoms with van der Waals surface area (Å²) in [5.74, 6) is -0.0490. The summed E-state index contributed by atoms with van der Waals surface area (Å²) in [6, 6.07) is 20.7. The summed E-state index contributed by atoms with van der Waals surface area (Å²) in [4.78, 5) is 26.2. The number of ether oxygens (including phenoxy) is 1. The number of thioether (sulfide) groups is 1. The molecule has 1 saturated heterocycles. The minimum absolute atomic E-state index is 0.143. The van der Waals surface area contributed by atoms with Gasteiger partial charge in [-0.05, 0) is 35.2 Å². The molecule has 0 bridgehead atoms. The Morgan fingerprint density at radius 3 is 2.50 bits per heavy atom. The first-order valence-electron chi connectivity index (χ1n) is 8.57. The fraction of sp³-hybridized carbons (Fsp3) is 0.0455. The number of nitrogens with zero attached hydrogens (tertiary/aromatic N) is 1. The van der Waals surface area contributed by atoms with Crippen LogP contribution in [0.25, 0.3) is 16.8 Å². The van der Waals surface area contributed by atoms with E-state index >= 15 is 0 Å². The topological polar surface area (TPSA) is 46.6 Å². The van der Waals surface area contributed by atoms with Crippen molar-refractivity contribution in [2.45, 2.75) is 6.92 Å². The lowest BCUT2D eigenvalue weighted by molar-refractivity contribution is -0.131. The standard InChI is InChI=1S/C22H15NO3S2/c1-14(24)26-17-11-9-15(10-12-17)13-20-21(25)23(22(27)28-20)19-8-4-6-16-5-2-3-7-18(16)19/h2-13H,1H3/b20-13-. The second-order valence-electron chi connectivity index (χ2n) is 6.18. The second-order valence-corrected chi connectivity index (χ2v) is 7.85. The van der Waals surface area contributed by atoms with Crippen molar-refractivity contribution < 1.29 is 14.3 Å². The van der Waals surface area contributed by atoms with Crippen LogP contribution < -0.4 is 9.64 Å². The molecule has 4 nitrogen and oxygen atoms in total. The lowest BCUT2D eigenvalue weighted by atomic mass is 10.1. The Balaban J connectivity index is 1.65. The highest BCUT2D eigenvalue weighted by Gasteiger charge is 2.34. The van der Waals surface area contributed by atoms with Gasteiger partial charge >= 0.3 is 5.97 Å². The lowest BCUT2D eigenvalue weighted by Gasteiger charge is -2.17. The molecule has 0 N–H and O–H groups in total. The molecule has 138 valence electrons. The Hall–Kier alpha value is -2.96. The number of amides is 1. The number of thiocarbonyl (C=S) groups is 1. The molecule has 6 heteroatoms. The summed E-state index contributed by atoms with van der Waals surface area (Å²) < 4.78 is 5.54. The van der Waals surface area contributed by atoms with Crippen LogP contribution in [0.4, 0.5) is 5.69 Å². The quantitative estimate of drug-likeness (QED) is 0.260. The first-order valence-corrected chi connectivity index (χ1v) is 9.79. The van der Waals surface area contributed by atoms with E-state index < -0.39 is 0 Å². The number of carbonyl (C=O) groups is 2. The van der Waals surface area contributed by atoms with Crippen LogP contribution in [0.5, 0.6) is 5.75 Å². The van der Waals surface area contributed by atoms with Gasteiger partial charge in [-0.3, -0.25) is 14.5 Å². The van der Waals surface area contributed by atoms with Crippen molar-refractivity contribution in [3.05, 3.63) is 77.2 Å². The van der Waals surface area contributed by atoms with Crippen LogP contribution in [-0.4, -0.2) is 16.2 Å². The predicted molar refractivity (Wildman–Crippen MR) is 117 cm³/mol. The highest BCUT2D eigenvalue weighted by atomic mass is 32.2. The maximum atomic E-state index is 13.1. The highest BCUT2D eigenvalue weighted by Crippen LogP contribution is 2.38. The van der Waals surface area contributed by atoms with Gasteiger partial charge in [0.1, 0.15) is 5.75 Å². The van der Waals surface area contributed by atoms with Gasteiger partial charge in [-0.1, -0.05) is 72.5 Å². The monoisotopic (exact) mass is 405 g/mol. The molecule has 1 aliphatic rings. The summed E-state index contributed by atoms with van der Waals surface area (Å²) >= 11 is 6.77. The van der Waals surface area contributed by atoms with Crippen LogP contribution in [0, 0.1) is 0 Å². The van der Waals surface area contributed by atoms with Crippen molar-refractivity contribution in [3.63, 3.8) is 0 Å². The minimum atomic E-state index is -0.372. The van der Waals surface area contributed by atoms with Crippen LogP contribution >= 0.6 is 24.0 Å². The number of carbonyl (C=O) groups excluding carboxylic acids is 2. The summed E-state index contributed by atoms with van der Waals surface area (Å²) in [5, 5.41) is 2.03. The molecule has 3 aromatic rings. The number of hydrogen-bond acceptors (Lipinski definition) is 5. The molecule has 1 aliphatic heterocycles. The Bertz CT molecular complexity index is 1130. The Kier molecular flexibility index (Phi) is 4.98. The third-order valence-electron chi connectivity index (χ3n) is 4.24. The van der Waals surface area contributed by atoms with Gasteiger partial charge in [0.15, 0.2) is 4.32 Å². The normalized spacial score (nSPS) is 15.5. The molecule has 1 fully saturated rings. The molecule has 0 unspecified atom stereocenters. The molecule has 0 aliphatic carbocycles. The van der Waals surface area contributed by atoms with E-state index in [-0.39, 0.29) is 11.9 Å². The van der Waals surface area contributed by atoms with Gasteiger partial charge < -0.3 is 4.74 Å². The van der Waals surface area contributed by atoms with E-state index in [1.165, 1.54) is 18.7 Å². The largest absolute Gasteiger partial charge is 0.427 e. The smallest absolute Gasteiger partial charge is 0.308 e. The van der Waals surface area contributed by atoms with Crippen molar-refractivity contribution in [2.24, 2.45) is 0 Å². The molecule has 0 atom stereocenters. The number of esters is 1. The van der Waals surface area contributed by atoms with Crippen molar-refractivity contribution >= 4 is 62.7 Å². The van der Waals surface area contributed by atoms with Crippen LogP contribution in [0.15, 0.2) is 71.6 Å². The van der Waals surface area contributed by atoms with Gasteiger partial charge in [0.2, 0.25) is 0 Å². The fourth-order valence-electron chi connectivity index (χ4n) is 3.03.